The van der Waals surface area contributed by atoms with Crippen molar-refractivity contribution >= 4 is 18.1 Å². The van der Waals surface area contributed by atoms with Crippen LogP contribution in [0.25, 0.3) is 12.2 Å². The van der Waals surface area contributed by atoms with Crippen LogP contribution in [0, 0.1) is 0 Å². The fraction of sp³-hybridized carbons (Fsp3) is 0.167. The molecule has 0 spiro atoms. The van der Waals surface area contributed by atoms with Crippen molar-refractivity contribution in [2.24, 2.45) is 0 Å². The molecule has 0 aliphatic rings. The Bertz CT molecular complexity index is 650. The number of carbonyl (C=O) groups is 1. The molecule has 0 saturated carbocycles. The predicted molar refractivity (Wildman–Crippen MR) is 86.3 cm³/mol. The van der Waals surface area contributed by atoms with Gasteiger partial charge in [-0.3, -0.25) is 0 Å². The van der Waals surface area contributed by atoms with Gasteiger partial charge >= 0.3 is 5.97 Å². The molecule has 0 bridgehead atoms. The van der Waals surface area contributed by atoms with E-state index < -0.39 is 0 Å². The lowest BCUT2D eigenvalue weighted by molar-refractivity contribution is 0.0600. The van der Waals surface area contributed by atoms with E-state index in [9.17, 15) is 4.79 Å². The minimum Gasteiger partial charge on any atom is -0.497 e. The maximum atomic E-state index is 11.4. The van der Waals surface area contributed by atoms with Crippen molar-refractivity contribution in [3.8, 4) is 11.5 Å². The number of hydrogen-bond acceptors (Lipinski definition) is 4. The fourth-order valence-corrected chi connectivity index (χ4v) is 1.97. The third-order valence-corrected chi connectivity index (χ3v) is 3.17. The van der Waals surface area contributed by atoms with Crippen LogP contribution in [0.5, 0.6) is 11.5 Å². The van der Waals surface area contributed by atoms with E-state index in [1.807, 2.05) is 42.5 Å². The normalized spacial score (nSPS) is 10.5. The van der Waals surface area contributed by atoms with Crippen LogP contribution in [0.1, 0.15) is 21.5 Å². The zero-order chi connectivity index (χ0) is 15.9. The summed E-state index contributed by atoms with van der Waals surface area (Å²) in [5.41, 5.74) is 2.48. The quantitative estimate of drug-likeness (QED) is 0.624. The summed E-state index contributed by atoms with van der Waals surface area (Å²) in [4.78, 5) is 11.4. The van der Waals surface area contributed by atoms with Crippen molar-refractivity contribution < 1.29 is 19.0 Å². The Morgan fingerprint density at radius 2 is 1.36 bits per heavy atom. The number of esters is 1. The van der Waals surface area contributed by atoms with Crippen LogP contribution in [0.15, 0.2) is 42.5 Å². The lowest BCUT2D eigenvalue weighted by atomic mass is 10.1. The number of hydrogen-bond donors (Lipinski definition) is 0. The van der Waals surface area contributed by atoms with Crippen molar-refractivity contribution in [2.45, 2.75) is 0 Å². The number of carbonyl (C=O) groups excluding carboxylic acids is 1. The van der Waals surface area contributed by atoms with Gasteiger partial charge in [-0.1, -0.05) is 24.3 Å². The largest absolute Gasteiger partial charge is 0.497 e. The molecule has 114 valence electrons. The van der Waals surface area contributed by atoms with Gasteiger partial charge in [0.05, 0.1) is 26.9 Å². The highest BCUT2D eigenvalue weighted by atomic mass is 16.5. The van der Waals surface area contributed by atoms with Crippen LogP contribution in [0.2, 0.25) is 0 Å². The minimum atomic E-state index is -0.340. The first kappa shape index (κ1) is 15.6. The van der Waals surface area contributed by atoms with E-state index in [4.69, 9.17) is 9.47 Å². The van der Waals surface area contributed by atoms with Gasteiger partial charge in [0.15, 0.2) is 0 Å². The Kier molecular flexibility index (Phi) is 5.20. The van der Waals surface area contributed by atoms with E-state index in [-0.39, 0.29) is 5.97 Å². The summed E-state index contributed by atoms with van der Waals surface area (Å²) in [5, 5.41) is 0. The lowest BCUT2D eigenvalue weighted by Gasteiger charge is -2.05. The second-order valence-corrected chi connectivity index (χ2v) is 4.59. The average Bonchev–Trinajstić information content (AvgIpc) is 2.59. The summed E-state index contributed by atoms with van der Waals surface area (Å²) in [6, 6.07) is 12.8. The second kappa shape index (κ2) is 7.31. The van der Waals surface area contributed by atoms with Gasteiger partial charge in [-0.25, -0.2) is 4.79 Å². The summed E-state index contributed by atoms with van der Waals surface area (Å²) < 4.78 is 15.1. The van der Waals surface area contributed by atoms with E-state index >= 15 is 0 Å². The van der Waals surface area contributed by atoms with Gasteiger partial charge in [-0.2, -0.15) is 0 Å². The number of rotatable bonds is 5. The molecular weight excluding hydrogens is 280 g/mol. The second-order valence-electron chi connectivity index (χ2n) is 4.59. The molecule has 0 saturated heterocycles. The van der Waals surface area contributed by atoms with Crippen LogP contribution in [0.4, 0.5) is 0 Å². The smallest absolute Gasteiger partial charge is 0.337 e. The highest BCUT2D eigenvalue weighted by molar-refractivity contribution is 5.89. The summed E-state index contributed by atoms with van der Waals surface area (Å²) >= 11 is 0. The number of ether oxygens (including phenoxy) is 3. The molecule has 2 rings (SSSR count). The maximum Gasteiger partial charge on any atom is 0.337 e. The average molecular weight is 298 g/mol. The molecule has 2 aromatic carbocycles. The lowest BCUT2D eigenvalue weighted by Crippen LogP contribution is -2.00. The van der Waals surface area contributed by atoms with Crippen LogP contribution >= 0.6 is 0 Å². The van der Waals surface area contributed by atoms with Gasteiger partial charge < -0.3 is 14.2 Å². The van der Waals surface area contributed by atoms with E-state index in [0.717, 1.165) is 22.6 Å². The first-order valence-corrected chi connectivity index (χ1v) is 6.76. The van der Waals surface area contributed by atoms with Crippen LogP contribution in [-0.2, 0) is 4.74 Å². The van der Waals surface area contributed by atoms with Crippen molar-refractivity contribution in [2.75, 3.05) is 21.3 Å². The van der Waals surface area contributed by atoms with E-state index in [1.54, 1.807) is 26.4 Å². The number of methoxy groups -OCH3 is 3. The van der Waals surface area contributed by atoms with Crippen molar-refractivity contribution in [1.29, 1.82) is 0 Å². The molecule has 0 heterocycles. The summed E-state index contributed by atoms with van der Waals surface area (Å²) in [6.45, 7) is 0. The molecule has 4 heteroatoms. The Balaban J connectivity index is 2.19. The predicted octanol–water partition coefficient (Wildman–Crippen LogP) is 3.66. The van der Waals surface area contributed by atoms with Crippen LogP contribution < -0.4 is 9.47 Å². The highest BCUT2D eigenvalue weighted by Crippen LogP contribution is 2.23. The Labute approximate surface area is 129 Å². The maximum absolute atomic E-state index is 11.4. The zero-order valence-electron chi connectivity index (χ0n) is 12.8. The number of benzene rings is 2. The van der Waals surface area contributed by atoms with Gasteiger partial charge in [0, 0.05) is 6.07 Å². The monoisotopic (exact) mass is 298 g/mol. The van der Waals surface area contributed by atoms with E-state index in [1.165, 1.54) is 7.11 Å². The molecule has 0 atom stereocenters. The Morgan fingerprint density at radius 3 is 1.86 bits per heavy atom. The third-order valence-electron chi connectivity index (χ3n) is 3.17. The van der Waals surface area contributed by atoms with Crippen molar-refractivity contribution in [1.82, 2.24) is 0 Å². The van der Waals surface area contributed by atoms with E-state index in [2.05, 4.69) is 4.74 Å². The molecular formula is C18H18O4. The SMILES string of the molecule is COC(=O)c1ccc(C=Cc2cc(OC)cc(OC)c2)cc1. The highest BCUT2D eigenvalue weighted by Gasteiger charge is 2.03. The molecule has 4 nitrogen and oxygen atoms in total. The Hall–Kier alpha value is -2.75. The van der Waals surface area contributed by atoms with Crippen molar-refractivity contribution in [3.63, 3.8) is 0 Å². The molecule has 0 aliphatic carbocycles. The molecule has 2 aromatic rings. The molecule has 0 fully saturated rings. The summed E-state index contributed by atoms with van der Waals surface area (Å²) in [5.74, 6) is 1.13. The molecule has 0 amide bonds. The Morgan fingerprint density at radius 1 is 0.818 bits per heavy atom. The minimum absolute atomic E-state index is 0.340. The third kappa shape index (κ3) is 3.88. The van der Waals surface area contributed by atoms with Gasteiger partial charge in [0.2, 0.25) is 0 Å². The molecule has 0 N–H and O–H groups in total. The van der Waals surface area contributed by atoms with Gasteiger partial charge in [0.1, 0.15) is 11.5 Å². The topological polar surface area (TPSA) is 44.8 Å². The fourth-order valence-electron chi connectivity index (χ4n) is 1.97. The van der Waals surface area contributed by atoms with Crippen LogP contribution in [0.3, 0.4) is 0 Å². The van der Waals surface area contributed by atoms with Crippen molar-refractivity contribution in [3.05, 3.63) is 59.2 Å². The van der Waals surface area contributed by atoms with Gasteiger partial charge in [-0.15, -0.1) is 0 Å². The molecule has 22 heavy (non-hydrogen) atoms. The van der Waals surface area contributed by atoms with E-state index in [0.29, 0.717) is 5.56 Å². The molecule has 0 aromatic heterocycles. The molecule has 0 radical (unpaired) electrons. The standard InChI is InChI=1S/C18H18O4/c1-20-16-10-14(11-17(12-16)21-2)5-4-13-6-8-15(9-7-13)18(19)22-3/h4-12H,1-3H3. The van der Waals surface area contributed by atoms with Crippen LogP contribution in [-0.4, -0.2) is 27.3 Å². The summed E-state index contributed by atoms with van der Waals surface area (Å²) in [6.07, 6.45) is 3.91. The first-order valence-electron chi connectivity index (χ1n) is 6.76. The molecule has 0 aliphatic heterocycles. The van der Waals surface area contributed by atoms with Gasteiger partial charge in [0.25, 0.3) is 0 Å². The van der Waals surface area contributed by atoms with Gasteiger partial charge in [-0.05, 0) is 35.4 Å². The first-order chi connectivity index (χ1) is 10.7. The zero-order valence-corrected chi connectivity index (χ0v) is 12.8. The summed E-state index contributed by atoms with van der Waals surface area (Å²) in [7, 11) is 4.61. The molecule has 0 unspecified atom stereocenters.